The van der Waals surface area contributed by atoms with Crippen LogP contribution >= 0.6 is 15.9 Å². The number of hydrogen-bond acceptors (Lipinski definition) is 2. The molecule has 1 amide bonds. The Morgan fingerprint density at radius 3 is 2.86 bits per heavy atom. The largest absolute Gasteiger partial charge is 0.463 e. The second-order valence-corrected chi connectivity index (χ2v) is 3.55. The summed E-state index contributed by atoms with van der Waals surface area (Å²) in [6.07, 6.45) is -1.10. The van der Waals surface area contributed by atoms with E-state index in [4.69, 9.17) is 5.11 Å². The van der Waals surface area contributed by atoms with E-state index in [0.29, 0.717) is 0 Å². The normalized spacial score (nSPS) is 9.86. The van der Waals surface area contributed by atoms with Crippen LogP contribution in [0, 0.1) is 0 Å². The summed E-state index contributed by atoms with van der Waals surface area (Å²) in [5.41, 5.74) is 0.864. The molecule has 0 saturated carbocycles. The lowest BCUT2D eigenvalue weighted by molar-refractivity contribution is -0.109. The number of halogens is 1. The molecule has 0 aromatic heterocycles. The molecule has 0 radical (unpaired) electrons. The van der Waals surface area contributed by atoms with E-state index in [1.165, 1.54) is 7.11 Å². The van der Waals surface area contributed by atoms with E-state index >= 15 is 0 Å². The van der Waals surface area contributed by atoms with Crippen molar-refractivity contribution < 1.29 is 14.7 Å². The van der Waals surface area contributed by atoms with E-state index < -0.39 is 6.09 Å². The summed E-state index contributed by atoms with van der Waals surface area (Å²) in [4.78, 5) is 15.3. The van der Waals surface area contributed by atoms with Crippen molar-refractivity contribution in [2.24, 2.45) is 0 Å². The fourth-order valence-corrected chi connectivity index (χ4v) is 1.46. The van der Waals surface area contributed by atoms with Crippen LogP contribution in [0.2, 0.25) is 0 Å². The van der Waals surface area contributed by atoms with Gasteiger partial charge in [0.2, 0.25) is 0 Å². The van der Waals surface area contributed by atoms with E-state index in [1.54, 1.807) is 0 Å². The molecule has 1 aromatic rings. The van der Waals surface area contributed by atoms with Crippen LogP contribution in [0.5, 0.6) is 0 Å². The fraction of sp³-hybridized carbons (Fsp3) is 0.222. The third-order valence-electron chi connectivity index (χ3n) is 1.65. The van der Waals surface area contributed by atoms with Gasteiger partial charge in [-0.1, -0.05) is 28.1 Å². The van der Waals surface area contributed by atoms with Gasteiger partial charge in [0.25, 0.3) is 0 Å². The summed E-state index contributed by atoms with van der Waals surface area (Å²) in [7, 11) is 1.33. The molecule has 0 fully saturated rings. The summed E-state index contributed by atoms with van der Waals surface area (Å²) in [5, 5.41) is 9.56. The minimum absolute atomic E-state index is 0.214. The molecule has 1 rings (SSSR count). The monoisotopic (exact) mass is 259 g/mol. The number of rotatable bonds is 3. The maximum Gasteiger partial charge on any atom is 0.431 e. The van der Waals surface area contributed by atoms with Gasteiger partial charge >= 0.3 is 6.09 Å². The fourth-order valence-electron chi connectivity index (χ4n) is 1.01. The maximum absolute atomic E-state index is 10.6. The average Bonchev–Trinajstić information content (AvgIpc) is 2.14. The molecular formula is C9H10BrNO3. The summed E-state index contributed by atoms with van der Waals surface area (Å²) in [5.74, 6) is 0. The van der Waals surface area contributed by atoms with Gasteiger partial charge in [0.15, 0.2) is 0 Å². The minimum atomic E-state index is -1.10. The molecular weight excluding hydrogens is 250 g/mol. The molecule has 0 saturated heterocycles. The van der Waals surface area contributed by atoms with Gasteiger partial charge in [0.05, 0.1) is 13.7 Å². The van der Waals surface area contributed by atoms with Gasteiger partial charge in [-0.3, -0.25) is 4.84 Å². The Kier molecular flexibility index (Phi) is 3.91. The van der Waals surface area contributed by atoms with Gasteiger partial charge in [-0.25, -0.2) is 4.79 Å². The zero-order chi connectivity index (χ0) is 10.6. The predicted molar refractivity (Wildman–Crippen MR) is 54.7 cm³/mol. The molecule has 0 unspecified atom stereocenters. The minimum Gasteiger partial charge on any atom is -0.463 e. The standard InChI is InChI=1S/C9H10BrNO3/c1-14-11(9(12)13)6-7-3-2-4-8(10)5-7/h2-5H,6H2,1H3,(H,12,13). The first-order chi connectivity index (χ1) is 6.63. The lowest BCUT2D eigenvalue weighted by Crippen LogP contribution is -2.27. The van der Waals surface area contributed by atoms with Crippen LogP contribution in [0.25, 0.3) is 0 Å². The van der Waals surface area contributed by atoms with Crippen molar-refractivity contribution in [1.82, 2.24) is 5.06 Å². The number of benzene rings is 1. The summed E-state index contributed by atoms with van der Waals surface area (Å²) >= 11 is 3.30. The van der Waals surface area contributed by atoms with Crippen LogP contribution in [-0.2, 0) is 11.4 Å². The Labute approximate surface area is 90.2 Å². The van der Waals surface area contributed by atoms with Gasteiger partial charge in [-0.15, -0.1) is 0 Å². The van der Waals surface area contributed by atoms with Crippen LogP contribution in [0.1, 0.15) is 5.56 Å². The zero-order valence-electron chi connectivity index (χ0n) is 7.61. The third kappa shape index (κ3) is 3.01. The highest BCUT2D eigenvalue weighted by atomic mass is 79.9. The SMILES string of the molecule is CON(Cc1cccc(Br)c1)C(=O)O. The van der Waals surface area contributed by atoms with Crippen LogP contribution in [0.3, 0.4) is 0 Å². The Balaban J connectivity index is 2.72. The van der Waals surface area contributed by atoms with Crippen molar-refractivity contribution in [2.45, 2.75) is 6.54 Å². The molecule has 0 atom stereocenters. The Morgan fingerprint density at radius 1 is 1.64 bits per heavy atom. The first kappa shape index (κ1) is 11.0. The quantitative estimate of drug-likeness (QED) is 0.849. The van der Waals surface area contributed by atoms with Crippen LogP contribution in [-0.4, -0.2) is 23.4 Å². The molecule has 0 bridgehead atoms. The van der Waals surface area contributed by atoms with Gasteiger partial charge in [0, 0.05) is 4.47 Å². The number of amides is 1. The van der Waals surface area contributed by atoms with E-state index in [1.807, 2.05) is 24.3 Å². The van der Waals surface area contributed by atoms with E-state index in [2.05, 4.69) is 20.8 Å². The summed E-state index contributed by atoms with van der Waals surface area (Å²) in [6.45, 7) is 0.214. The topological polar surface area (TPSA) is 49.8 Å². The van der Waals surface area contributed by atoms with Crippen molar-refractivity contribution in [3.63, 3.8) is 0 Å². The summed E-state index contributed by atoms with van der Waals surface area (Å²) in [6, 6.07) is 7.39. The molecule has 4 nitrogen and oxygen atoms in total. The van der Waals surface area contributed by atoms with Gasteiger partial charge in [0.1, 0.15) is 0 Å². The summed E-state index contributed by atoms with van der Waals surface area (Å²) < 4.78 is 0.913. The highest BCUT2D eigenvalue weighted by Crippen LogP contribution is 2.13. The van der Waals surface area contributed by atoms with Crippen molar-refractivity contribution in [2.75, 3.05) is 7.11 Å². The number of hydroxylamine groups is 2. The van der Waals surface area contributed by atoms with Crippen LogP contribution in [0.4, 0.5) is 4.79 Å². The van der Waals surface area contributed by atoms with E-state index in [-0.39, 0.29) is 6.54 Å². The Morgan fingerprint density at radius 2 is 2.36 bits per heavy atom. The van der Waals surface area contributed by atoms with Gasteiger partial charge < -0.3 is 5.11 Å². The molecule has 1 aromatic carbocycles. The van der Waals surface area contributed by atoms with Crippen LogP contribution < -0.4 is 0 Å². The van der Waals surface area contributed by atoms with Crippen molar-refractivity contribution in [3.8, 4) is 0 Å². The van der Waals surface area contributed by atoms with E-state index in [0.717, 1.165) is 15.1 Å². The number of carbonyl (C=O) groups is 1. The lowest BCUT2D eigenvalue weighted by Gasteiger charge is -2.15. The Bertz CT molecular complexity index is 330. The second kappa shape index (κ2) is 4.97. The average molecular weight is 260 g/mol. The first-order valence-electron chi connectivity index (χ1n) is 3.92. The molecule has 0 heterocycles. The van der Waals surface area contributed by atoms with Crippen molar-refractivity contribution in [3.05, 3.63) is 34.3 Å². The third-order valence-corrected chi connectivity index (χ3v) is 2.14. The predicted octanol–water partition coefficient (Wildman–Crippen LogP) is 2.49. The van der Waals surface area contributed by atoms with E-state index in [9.17, 15) is 4.79 Å². The molecule has 5 heteroatoms. The van der Waals surface area contributed by atoms with Crippen LogP contribution in [0.15, 0.2) is 28.7 Å². The van der Waals surface area contributed by atoms with Crippen molar-refractivity contribution in [1.29, 1.82) is 0 Å². The van der Waals surface area contributed by atoms with Crippen molar-refractivity contribution >= 4 is 22.0 Å². The smallest absolute Gasteiger partial charge is 0.431 e. The Hall–Kier alpha value is -1.07. The molecule has 1 N–H and O–H groups in total. The number of carboxylic acid groups (broad SMARTS) is 1. The van der Waals surface area contributed by atoms with Gasteiger partial charge in [-0.05, 0) is 17.7 Å². The molecule has 0 aliphatic carbocycles. The molecule has 0 spiro atoms. The number of hydrogen-bond donors (Lipinski definition) is 1. The molecule has 14 heavy (non-hydrogen) atoms. The van der Waals surface area contributed by atoms with Gasteiger partial charge in [-0.2, -0.15) is 5.06 Å². The zero-order valence-corrected chi connectivity index (χ0v) is 9.19. The maximum atomic E-state index is 10.6. The highest BCUT2D eigenvalue weighted by Gasteiger charge is 2.10. The second-order valence-electron chi connectivity index (χ2n) is 2.63. The highest BCUT2D eigenvalue weighted by molar-refractivity contribution is 9.10. The molecule has 0 aliphatic rings. The number of nitrogens with zero attached hydrogens (tertiary/aromatic N) is 1. The molecule has 76 valence electrons. The molecule has 0 aliphatic heterocycles. The lowest BCUT2D eigenvalue weighted by atomic mass is 10.2. The first-order valence-corrected chi connectivity index (χ1v) is 4.72.